The first-order valence-corrected chi connectivity index (χ1v) is 11.3. The van der Waals surface area contributed by atoms with Crippen molar-refractivity contribution in [3.05, 3.63) is 36.5 Å². The molecule has 1 saturated heterocycles. The molecule has 3 fully saturated rings. The van der Waals surface area contributed by atoms with Gasteiger partial charge in [-0.2, -0.15) is 0 Å². The molecule has 2 heterocycles. The van der Waals surface area contributed by atoms with Gasteiger partial charge in [0.2, 0.25) is 0 Å². The van der Waals surface area contributed by atoms with Crippen molar-refractivity contribution in [1.82, 2.24) is 26.1 Å². The van der Waals surface area contributed by atoms with Gasteiger partial charge in [0.15, 0.2) is 12.4 Å². The molecule has 2 aromatic rings. The van der Waals surface area contributed by atoms with Crippen LogP contribution in [0, 0.1) is 5.92 Å². The van der Waals surface area contributed by atoms with Crippen LogP contribution in [-0.2, 0) is 4.79 Å². The van der Waals surface area contributed by atoms with E-state index in [4.69, 9.17) is 9.72 Å². The molecule has 8 heteroatoms. The Morgan fingerprint density at radius 2 is 2.10 bits per heavy atom. The number of carbonyl (C=O) groups excluding carboxylic acids is 1. The van der Waals surface area contributed by atoms with Crippen molar-refractivity contribution < 1.29 is 9.53 Å². The van der Waals surface area contributed by atoms with E-state index in [1.54, 1.807) is 6.20 Å². The summed E-state index contributed by atoms with van der Waals surface area (Å²) in [6, 6.07) is 10.9. The van der Waals surface area contributed by atoms with Crippen LogP contribution in [0.25, 0.3) is 11.4 Å². The highest BCUT2D eigenvalue weighted by Crippen LogP contribution is 2.29. The van der Waals surface area contributed by atoms with Gasteiger partial charge in [0.25, 0.3) is 5.91 Å². The largest absolute Gasteiger partial charge is 0.484 e. The Morgan fingerprint density at radius 3 is 2.97 bits per heavy atom. The van der Waals surface area contributed by atoms with Crippen LogP contribution in [-0.4, -0.2) is 47.2 Å². The standard InChI is InChI=1S/C23H30N6O2/c30-22(27-17-4-2-5-17)14-31-19-6-1-3-15(12-19)23-24-10-9-21(28-23)26-18-7-8-20-16(11-18)13-25-29-20/h1,3,6,9-10,12,16-18,20,25,29H,2,4-5,7-8,11,13-14H2,(H,27,30)(H,24,26,28). The fraction of sp³-hybridized carbons (Fsp3) is 0.522. The summed E-state index contributed by atoms with van der Waals surface area (Å²) in [6.45, 7) is 1.05. The van der Waals surface area contributed by atoms with Gasteiger partial charge < -0.3 is 15.4 Å². The SMILES string of the molecule is O=C(COc1cccc(-c2nccc(NC3CCC4NNCC4C3)n2)c1)NC1CCC1. The molecule has 3 unspecified atom stereocenters. The van der Waals surface area contributed by atoms with Gasteiger partial charge in [-0.15, -0.1) is 0 Å². The van der Waals surface area contributed by atoms with Crippen LogP contribution in [0.2, 0.25) is 0 Å². The van der Waals surface area contributed by atoms with Crippen LogP contribution in [0.1, 0.15) is 38.5 Å². The molecule has 1 aromatic heterocycles. The first-order chi connectivity index (χ1) is 15.2. The molecule has 1 aromatic carbocycles. The van der Waals surface area contributed by atoms with E-state index in [-0.39, 0.29) is 12.5 Å². The monoisotopic (exact) mass is 422 g/mol. The lowest BCUT2D eigenvalue weighted by Crippen LogP contribution is -2.41. The minimum atomic E-state index is -0.0695. The number of hydrazine groups is 1. The predicted molar refractivity (Wildman–Crippen MR) is 118 cm³/mol. The zero-order valence-electron chi connectivity index (χ0n) is 17.6. The van der Waals surface area contributed by atoms with Gasteiger partial charge in [-0.05, 0) is 62.6 Å². The molecule has 1 amide bonds. The number of hydrogen-bond donors (Lipinski definition) is 4. The summed E-state index contributed by atoms with van der Waals surface area (Å²) in [5, 5.41) is 6.58. The lowest BCUT2D eigenvalue weighted by atomic mass is 9.83. The highest BCUT2D eigenvalue weighted by molar-refractivity contribution is 5.78. The van der Waals surface area contributed by atoms with E-state index >= 15 is 0 Å². The molecule has 5 rings (SSSR count). The average molecular weight is 423 g/mol. The number of hydrogen-bond acceptors (Lipinski definition) is 7. The summed E-state index contributed by atoms with van der Waals surface area (Å²) in [7, 11) is 0. The fourth-order valence-electron chi connectivity index (χ4n) is 4.61. The maximum Gasteiger partial charge on any atom is 0.258 e. The Morgan fingerprint density at radius 1 is 1.16 bits per heavy atom. The zero-order valence-corrected chi connectivity index (χ0v) is 17.6. The van der Waals surface area contributed by atoms with E-state index < -0.39 is 0 Å². The second kappa shape index (κ2) is 9.20. The molecule has 164 valence electrons. The minimum Gasteiger partial charge on any atom is -0.484 e. The summed E-state index contributed by atoms with van der Waals surface area (Å²) in [6.07, 6.45) is 8.54. The van der Waals surface area contributed by atoms with Gasteiger partial charge in [0.05, 0.1) is 0 Å². The van der Waals surface area contributed by atoms with Crippen LogP contribution in [0.15, 0.2) is 36.5 Å². The maximum atomic E-state index is 12.0. The molecule has 0 bridgehead atoms. The van der Waals surface area contributed by atoms with Crippen LogP contribution < -0.4 is 26.2 Å². The summed E-state index contributed by atoms with van der Waals surface area (Å²) in [5.41, 5.74) is 7.52. The number of rotatable bonds is 7. The Kier molecular flexibility index (Phi) is 5.99. The van der Waals surface area contributed by atoms with Crippen molar-refractivity contribution >= 4 is 11.7 Å². The third-order valence-electron chi connectivity index (χ3n) is 6.57. The molecular weight excluding hydrogens is 392 g/mol. The quantitative estimate of drug-likeness (QED) is 0.543. The zero-order chi connectivity index (χ0) is 21.0. The second-order valence-electron chi connectivity index (χ2n) is 8.82. The number of amides is 1. The maximum absolute atomic E-state index is 12.0. The van der Waals surface area contributed by atoms with Gasteiger partial charge in [0.1, 0.15) is 11.6 Å². The highest BCUT2D eigenvalue weighted by atomic mass is 16.5. The number of nitrogens with one attached hydrogen (secondary N) is 4. The van der Waals surface area contributed by atoms with E-state index in [9.17, 15) is 4.79 Å². The van der Waals surface area contributed by atoms with Crippen molar-refractivity contribution in [3.8, 4) is 17.1 Å². The molecule has 31 heavy (non-hydrogen) atoms. The lowest BCUT2D eigenvalue weighted by molar-refractivity contribution is -0.124. The summed E-state index contributed by atoms with van der Waals surface area (Å²) in [5.74, 6) is 2.73. The van der Waals surface area contributed by atoms with Gasteiger partial charge in [-0.25, -0.2) is 9.97 Å². The van der Waals surface area contributed by atoms with Crippen molar-refractivity contribution in [2.24, 2.45) is 5.92 Å². The van der Waals surface area contributed by atoms with Gasteiger partial charge in [-0.1, -0.05) is 12.1 Å². The van der Waals surface area contributed by atoms with E-state index in [0.29, 0.717) is 35.6 Å². The predicted octanol–water partition coefficient (Wildman–Crippen LogP) is 2.25. The fourth-order valence-corrected chi connectivity index (χ4v) is 4.61. The van der Waals surface area contributed by atoms with E-state index in [2.05, 4.69) is 26.5 Å². The molecule has 0 spiro atoms. The molecule has 1 aliphatic heterocycles. The normalized spacial score (nSPS) is 25.4. The summed E-state index contributed by atoms with van der Waals surface area (Å²) < 4.78 is 5.70. The van der Waals surface area contributed by atoms with Crippen LogP contribution >= 0.6 is 0 Å². The highest BCUT2D eigenvalue weighted by Gasteiger charge is 2.33. The Balaban J connectivity index is 1.20. The second-order valence-corrected chi connectivity index (χ2v) is 8.82. The number of benzene rings is 1. The first kappa shape index (κ1) is 20.2. The minimum absolute atomic E-state index is 0.0238. The van der Waals surface area contributed by atoms with E-state index in [1.165, 1.54) is 12.8 Å². The first-order valence-electron chi connectivity index (χ1n) is 11.3. The van der Waals surface area contributed by atoms with Crippen LogP contribution in [0.3, 0.4) is 0 Å². The van der Waals surface area contributed by atoms with Crippen molar-refractivity contribution in [3.63, 3.8) is 0 Å². The molecule has 4 N–H and O–H groups in total. The number of anilines is 1. The van der Waals surface area contributed by atoms with Crippen LogP contribution in [0.4, 0.5) is 5.82 Å². The Bertz CT molecular complexity index is 918. The number of nitrogens with zero attached hydrogens (tertiary/aromatic N) is 2. The lowest BCUT2D eigenvalue weighted by Gasteiger charge is -2.31. The Hall–Kier alpha value is -2.71. The molecular formula is C23H30N6O2. The molecule has 0 radical (unpaired) electrons. The average Bonchev–Trinajstić information content (AvgIpc) is 3.23. The third-order valence-corrected chi connectivity index (χ3v) is 6.57. The van der Waals surface area contributed by atoms with Gasteiger partial charge in [-0.3, -0.25) is 15.6 Å². The smallest absolute Gasteiger partial charge is 0.258 e. The van der Waals surface area contributed by atoms with E-state index in [1.807, 2.05) is 30.3 Å². The summed E-state index contributed by atoms with van der Waals surface area (Å²) in [4.78, 5) is 21.2. The molecule has 3 atom stereocenters. The third kappa shape index (κ3) is 4.97. The van der Waals surface area contributed by atoms with Gasteiger partial charge in [0, 0.05) is 36.4 Å². The number of fused-ring (bicyclic) bond motifs is 1. The van der Waals surface area contributed by atoms with E-state index in [0.717, 1.165) is 43.6 Å². The number of carbonyl (C=O) groups is 1. The van der Waals surface area contributed by atoms with Crippen molar-refractivity contribution in [2.75, 3.05) is 18.5 Å². The molecule has 2 saturated carbocycles. The van der Waals surface area contributed by atoms with Crippen LogP contribution in [0.5, 0.6) is 5.75 Å². The van der Waals surface area contributed by atoms with Gasteiger partial charge >= 0.3 is 0 Å². The van der Waals surface area contributed by atoms with Crippen molar-refractivity contribution in [2.45, 2.75) is 56.7 Å². The topological polar surface area (TPSA) is 100 Å². The Labute approximate surface area is 182 Å². The molecule has 2 aliphatic carbocycles. The molecule has 3 aliphatic rings. The number of aromatic nitrogens is 2. The summed E-state index contributed by atoms with van der Waals surface area (Å²) >= 11 is 0. The molecule has 8 nitrogen and oxygen atoms in total. The number of ether oxygens (including phenoxy) is 1. The van der Waals surface area contributed by atoms with Crippen molar-refractivity contribution in [1.29, 1.82) is 0 Å².